The lowest BCUT2D eigenvalue weighted by molar-refractivity contribution is 0.480. The van der Waals surface area contributed by atoms with Crippen LogP contribution in [0, 0.1) is 6.92 Å². The molecule has 1 atom stereocenters. The number of aryl methyl sites for hydroxylation is 3. The third kappa shape index (κ3) is 3.44. The van der Waals surface area contributed by atoms with Crippen molar-refractivity contribution in [1.82, 2.24) is 15.1 Å². The molecule has 0 aliphatic carbocycles. The molecule has 3 heteroatoms. The van der Waals surface area contributed by atoms with Gasteiger partial charge in [0.25, 0.3) is 0 Å². The fraction of sp³-hybridized carbons (Fsp3) is 0.438. The van der Waals surface area contributed by atoms with Gasteiger partial charge in [0, 0.05) is 19.3 Å². The Morgan fingerprint density at radius 2 is 2.05 bits per heavy atom. The molecular formula is C16H23N3. The highest BCUT2D eigenvalue weighted by atomic mass is 15.3. The van der Waals surface area contributed by atoms with Gasteiger partial charge in [-0.15, -0.1) is 0 Å². The zero-order chi connectivity index (χ0) is 13.7. The minimum absolute atomic E-state index is 0.372. The van der Waals surface area contributed by atoms with Crippen LogP contribution in [0.2, 0.25) is 0 Å². The van der Waals surface area contributed by atoms with Crippen LogP contribution in [-0.4, -0.2) is 16.3 Å². The highest BCUT2D eigenvalue weighted by Crippen LogP contribution is 2.19. The summed E-state index contributed by atoms with van der Waals surface area (Å²) in [7, 11) is 2.01. The number of benzene rings is 1. The molecule has 2 aromatic rings. The molecule has 0 saturated carbocycles. The molecule has 0 bridgehead atoms. The second kappa shape index (κ2) is 6.53. The van der Waals surface area contributed by atoms with Crippen molar-refractivity contribution in [2.45, 2.75) is 32.7 Å². The molecule has 102 valence electrons. The minimum Gasteiger partial charge on any atom is -0.309 e. The fourth-order valence-electron chi connectivity index (χ4n) is 2.52. The molecule has 2 rings (SSSR count). The average Bonchev–Trinajstić information content (AvgIpc) is 2.82. The summed E-state index contributed by atoms with van der Waals surface area (Å²) in [5.74, 6) is 0. The van der Waals surface area contributed by atoms with Gasteiger partial charge in [-0.2, -0.15) is 5.10 Å². The molecule has 0 spiro atoms. The Balaban J connectivity index is 2.06. The molecule has 19 heavy (non-hydrogen) atoms. The van der Waals surface area contributed by atoms with Crippen LogP contribution in [0.15, 0.2) is 36.5 Å². The van der Waals surface area contributed by atoms with Crippen molar-refractivity contribution in [2.24, 2.45) is 7.05 Å². The van der Waals surface area contributed by atoms with Crippen LogP contribution < -0.4 is 5.32 Å². The summed E-state index contributed by atoms with van der Waals surface area (Å²) < 4.78 is 1.96. The van der Waals surface area contributed by atoms with Gasteiger partial charge in [0.15, 0.2) is 0 Å². The van der Waals surface area contributed by atoms with E-state index in [1.165, 1.54) is 16.8 Å². The van der Waals surface area contributed by atoms with Crippen LogP contribution >= 0.6 is 0 Å². The quantitative estimate of drug-likeness (QED) is 0.862. The van der Waals surface area contributed by atoms with Crippen LogP contribution in [0.25, 0.3) is 0 Å². The summed E-state index contributed by atoms with van der Waals surface area (Å²) in [6.45, 7) is 5.31. The number of rotatable bonds is 6. The number of nitrogens with one attached hydrogen (secondary N) is 1. The molecule has 1 N–H and O–H groups in total. The highest BCUT2D eigenvalue weighted by molar-refractivity contribution is 5.26. The summed E-state index contributed by atoms with van der Waals surface area (Å²) >= 11 is 0. The molecule has 1 aromatic heterocycles. The van der Waals surface area contributed by atoms with E-state index in [4.69, 9.17) is 0 Å². The van der Waals surface area contributed by atoms with Crippen molar-refractivity contribution in [1.29, 1.82) is 0 Å². The van der Waals surface area contributed by atoms with Gasteiger partial charge in [0.1, 0.15) is 0 Å². The minimum atomic E-state index is 0.372. The Morgan fingerprint density at radius 3 is 2.68 bits per heavy atom. The molecule has 0 fully saturated rings. The molecule has 0 radical (unpaired) electrons. The lowest BCUT2D eigenvalue weighted by Gasteiger charge is -2.18. The molecule has 0 saturated heterocycles. The van der Waals surface area contributed by atoms with Crippen molar-refractivity contribution in [3.8, 4) is 0 Å². The summed E-state index contributed by atoms with van der Waals surface area (Å²) in [4.78, 5) is 0. The van der Waals surface area contributed by atoms with Crippen LogP contribution in [0.4, 0.5) is 0 Å². The maximum atomic E-state index is 4.27. The Morgan fingerprint density at radius 1 is 1.26 bits per heavy atom. The first-order chi connectivity index (χ1) is 9.22. The molecule has 1 unspecified atom stereocenters. The topological polar surface area (TPSA) is 29.9 Å². The fourth-order valence-corrected chi connectivity index (χ4v) is 2.52. The predicted octanol–water partition coefficient (Wildman–Crippen LogP) is 3.01. The number of hydrogen-bond donors (Lipinski definition) is 1. The first kappa shape index (κ1) is 13.8. The van der Waals surface area contributed by atoms with E-state index >= 15 is 0 Å². The monoisotopic (exact) mass is 257 g/mol. The number of nitrogens with zero attached hydrogens (tertiary/aromatic N) is 2. The summed E-state index contributed by atoms with van der Waals surface area (Å²) in [6.07, 6.45) is 4.06. The molecule has 3 nitrogen and oxygen atoms in total. The summed E-state index contributed by atoms with van der Waals surface area (Å²) in [5, 5.41) is 7.82. The van der Waals surface area contributed by atoms with Gasteiger partial charge in [-0.05, 0) is 43.5 Å². The molecule has 1 heterocycles. The van der Waals surface area contributed by atoms with Crippen molar-refractivity contribution < 1.29 is 0 Å². The molecule has 0 amide bonds. The summed E-state index contributed by atoms with van der Waals surface area (Å²) in [5.41, 5.74) is 4.07. The maximum absolute atomic E-state index is 4.27. The summed E-state index contributed by atoms with van der Waals surface area (Å²) in [6, 6.07) is 11.1. The van der Waals surface area contributed by atoms with Gasteiger partial charge in [-0.25, -0.2) is 0 Å². The average molecular weight is 257 g/mol. The van der Waals surface area contributed by atoms with Crippen molar-refractivity contribution >= 4 is 0 Å². The number of hydrogen-bond acceptors (Lipinski definition) is 2. The molecule has 1 aromatic carbocycles. The van der Waals surface area contributed by atoms with E-state index in [-0.39, 0.29) is 0 Å². The second-order valence-electron chi connectivity index (χ2n) is 4.96. The third-order valence-corrected chi connectivity index (χ3v) is 3.63. The third-order valence-electron chi connectivity index (χ3n) is 3.63. The zero-order valence-corrected chi connectivity index (χ0v) is 12.1. The van der Waals surface area contributed by atoms with E-state index < -0.39 is 0 Å². The highest BCUT2D eigenvalue weighted by Gasteiger charge is 2.14. The van der Waals surface area contributed by atoms with Gasteiger partial charge in [-0.1, -0.05) is 31.2 Å². The van der Waals surface area contributed by atoms with Crippen molar-refractivity contribution in [3.63, 3.8) is 0 Å². The van der Waals surface area contributed by atoms with E-state index in [0.717, 1.165) is 19.4 Å². The standard InChI is InChI=1S/C16H23N3/c1-4-17-15(16-11-12-18-19(16)3)10-9-14-8-6-5-7-13(14)2/h5-8,11-12,15,17H,4,9-10H2,1-3H3. The molecule has 0 aliphatic rings. The van der Waals surface area contributed by atoms with Crippen LogP contribution in [0.1, 0.15) is 36.2 Å². The Hall–Kier alpha value is -1.61. The normalized spacial score (nSPS) is 12.6. The molecular weight excluding hydrogens is 234 g/mol. The number of aromatic nitrogens is 2. The van der Waals surface area contributed by atoms with Crippen LogP contribution in [0.5, 0.6) is 0 Å². The Labute approximate surface area is 115 Å². The predicted molar refractivity (Wildman–Crippen MR) is 79.1 cm³/mol. The van der Waals surface area contributed by atoms with E-state index in [1.54, 1.807) is 0 Å². The second-order valence-corrected chi connectivity index (χ2v) is 4.96. The molecule has 0 aliphatic heterocycles. The Bertz CT molecular complexity index is 516. The van der Waals surface area contributed by atoms with Gasteiger partial charge in [0.2, 0.25) is 0 Å². The first-order valence-electron chi connectivity index (χ1n) is 6.98. The largest absolute Gasteiger partial charge is 0.309 e. The van der Waals surface area contributed by atoms with E-state index in [0.29, 0.717) is 6.04 Å². The maximum Gasteiger partial charge on any atom is 0.0550 e. The SMILES string of the molecule is CCNC(CCc1ccccc1C)c1ccnn1C. The van der Waals surface area contributed by atoms with Gasteiger partial charge in [-0.3, -0.25) is 4.68 Å². The zero-order valence-electron chi connectivity index (χ0n) is 12.1. The van der Waals surface area contributed by atoms with Crippen molar-refractivity contribution in [3.05, 3.63) is 53.3 Å². The van der Waals surface area contributed by atoms with E-state index in [2.05, 4.69) is 54.6 Å². The van der Waals surface area contributed by atoms with Gasteiger partial charge >= 0.3 is 0 Å². The Kier molecular flexibility index (Phi) is 4.74. The lowest BCUT2D eigenvalue weighted by atomic mass is 9.99. The van der Waals surface area contributed by atoms with Crippen LogP contribution in [-0.2, 0) is 13.5 Å². The first-order valence-corrected chi connectivity index (χ1v) is 6.98. The van der Waals surface area contributed by atoms with Crippen LogP contribution in [0.3, 0.4) is 0 Å². The lowest BCUT2D eigenvalue weighted by Crippen LogP contribution is -2.23. The van der Waals surface area contributed by atoms with Gasteiger partial charge in [0.05, 0.1) is 5.69 Å². The smallest absolute Gasteiger partial charge is 0.0550 e. The van der Waals surface area contributed by atoms with E-state index in [1.807, 2.05) is 17.9 Å². The van der Waals surface area contributed by atoms with E-state index in [9.17, 15) is 0 Å². The van der Waals surface area contributed by atoms with Gasteiger partial charge < -0.3 is 5.32 Å². The van der Waals surface area contributed by atoms with Crippen molar-refractivity contribution in [2.75, 3.05) is 6.54 Å².